The van der Waals surface area contributed by atoms with Crippen molar-refractivity contribution in [2.75, 3.05) is 5.32 Å². The molecule has 1 N–H and O–H groups in total. The van der Waals surface area contributed by atoms with Crippen molar-refractivity contribution in [2.45, 2.75) is 25.8 Å². The number of amides is 1. The Morgan fingerprint density at radius 2 is 2.05 bits per heavy atom. The summed E-state index contributed by atoms with van der Waals surface area (Å²) in [7, 11) is 0. The molecule has 0 radical (unpaired) electrons. The summed E-state index contributed by atoms with van der Waals surface area (Å²) in [6.45, 7) is 2.10. The number of alkyl halides is 4. The average Bonchev–Trinajstić information content (AvgIpc) is 2.34. The van der Waals surface area contributed by atoms with Crippen molar-refractivity contribution < 1.29 is 22.4 Å². The highest BCUT2D eigenvalue weighted by Crippen LogP contribution is 2.24. The molecule has 0 aliphatic heterocycles. The highest BCUT2D eigenvalue weighted by Gasteiger charge is 2.49. The number of hydrogen-bond donors (Lipinski definition) is 1. The van der Waals surface area contributed by atoms with E-state index in [0.29, 0.717) is 6.54 Å². The van der Waals surface area contributed by atoms with Gasteiger partial charge in [-0.2, -0.15) is 8.78 Å². The summed E-state index contributed by atoms with van der Waals surface area (Å²) >= 11 is 2.89. The number of rotatable bonds is 4. The summed E-state index contributed by atoms with van der Waals surface area (Å²) in [6, 6.07) is 0. The number of aromatic nitrogens is 1. The Morgan fingerprint density at radius 3 is 2.53 bits per heavy atom. The van der Waals surface area contributed by atoms with Crippen LogP contribution in [0.4, 0.5) is 23.2 Å². The summed E-state index contributed by atoms with van der Waals surface area (Å²) in [5, 5.41) is 1.52. The second-order valence-electron chi connectivity index (χ2n) is 3.56. The molecular formula is C10H9BrF4N2O2. The molecule has 0 atom stereocenters. The quantitative estimate of drug-likeness (QED) is 0.853. The monoisotopic (exact) mass is 344 g/mol. The Balaban J connectivity index is 3.10. The van der Waals surface area contributed by atoms with E-state index >= 15 is 0 Å². The smallest absolute Gasteiger partial charge is 0.351 e. The maximum Gasteiger partial charge on any atom is 0.383 e. The first-order chi connectivity index (χ1) is 8.70. The van der Waals surface area contributed by atoms with Gasteiger partial charge in [-0.1, -0.05) is 0 Å². The lowest BCUT2D eigenvalue weighted by molar-refractivity contribution is -0.163. The van der Waals surface area contributed by atoms with E-state index in [1.54, 1.807) is 6.92 Å². The second kappa shape index (κ2) is 5.72. The minimum absolute atomic E-state index is 0.0208. The van der Waals surface area contributed by atoms with Gasteiger partial charge in [-0.3, -0.25) is 9.59 Å². The van der Waals surface area contributed by atoms with Crippen molar-refractivity contribution in [1.29, 1.82) is 0 Å². The van der Waals surface area contributed by atoms with Gasteiger partial charge >= 0.3 is 18.3 Å². The largest absolute Gasteiger partial charge is 0.383 e. The van der Waals surface area contributed by atoms with Crippen LogP contribution in [0.25, 0.3) is 0 Å². The Kier molecular flexibility index (Phi) is 4.72. The Hall–Kier alpha value is -1.38. The Labute approximate surface area is 113 Å². The van der Waals surface area contributed by atoms with Gasteiger partial charge in [0.15, 0.2) is 0 Å². The van der Waals surface area contributed by atoms with Crippen molar-refractivity contribution in [2.24, 2.45) is 0 Å². The van der Waals surface area contributed by atoms with Crippen molar-refractivity contribution in [3.05, 3.63) is 27.1 Å². The fraction of sp³-hybridized carbons (Fsp3) is 0.400. The Bertz CT molecular complexity index is 545. The van der Waals surface area contributed by atoms with Gasteiger partial charge in [-0.15, -0.1) is 0 Å². The van der Waals surface area contributed by atoms with Crippen molar-refractivity contribution in [3.8, 4) is 0 Å². The lowest BCUT2D eigenvalue weighted by atomic mass is 10.3. The topological polar surface area (TPSA) is 51.1 Å². The fourth-order valence-corrected chi connectivity index (χ4v) is 1.65. The first kappa shape index (κ1) is 15.7. The molecule has 0 aliphatic rings. The molecule has 19 heavy (non-hydrogen) atoms. The standard InChI is InChI=1S/C10H9BrF4N2O2/c1-2-17-3-5(11)7(18)6(4-17)16-9(19)10(14,15)8(12)13/h3-4,8H,2H2,1H3,(H,16,19). The van der Waals surface area contributed by atoms with Crippen molar-refractivity contribution in [3.63, 3.8) is 0 Å². The van der Waals surface area contributed by atoms with E-state index in [-0.39, 0.29) is 4.47 Å². The van der Waals surface area contributed by atoms with Gasteiger partial charge in [0.05, 0.1) is 4.47 Å². The van der Waals surface area contributed by atoms with Crippen LogP contribution >= 0.6 is 15.9 Å². The molecular weight excluding hydrogens is 336 g/mol. The van der Waals surface area contributed by atoms with Crippen LogP contribution in [0, 0.1) is 0 Å². The molecule has 4 nitrogen and oxygen atoms in total. The van der Waals surface area contributed by atoms with E-state index in [2.05, 4.69) is 15.9 Å². The zero-order chi connectivity index (χ0) is 14.8. The van der Waals surface area contributed by atoms with Crippen LogP contribution in [0.1, 0.15) is 6.92 Å². The van der Waals surface area contributed by atoms with E-state index in [1.165, 1.54) is 16.1 Å². The number of nitrogens with zero attached hydrogens (tertiary/aromatic N) is 1. The fourth-order valence-electron chi connectivity index (χ4n) is 1.17. The zero-order valence-corrected chi connectivity index (χ0v) is 11.2. The third-order valence-electron chi connectivity index (χ3n) is 2.23. The Morgan fingerprint density at radius 1 is 1.47 bits per heavy atom. The average molecular weight is 345 g/mol. The number of nitrogens with one attached hydrogen (secondary N) is 1. The number of pyridine rings is 1. The molecule has 1 aromatic heterocycles. The molecule has 0 unspecified atom stereocenters. The van der Waals surface area contributed by atoms with E-state index in [4.69, 9.17) is 0 Å². The van der Waals surface area contributed by atoms with E-state index in [9.17, 15) is 27.2 Å². The molecule has 1 rings (SSSR count). The normalized spacial score (nSPS) is 11.7. The molecule has 0 aromatic carbocycles. The number of anilines is 1. The van der Waals surface area contributed by atoms with E-state index < -0.39 is 29.4 Å². The molecule has 9 heteroatoms. The number of carbonyl (C=O) groups excluding carboxylic acids is 1. The third kappa shape index (κ3) is 3.34. The third-order valence-corrected chi connectivity index (χ3v) is 2.79. The minimum Gasteiger partial charge on any atom is -0.351 e. The van der Waals surface area contributed by atoms with Crippen molar-refractivity contribution in [1.82, 2.24) is 4.57 Å². The van der Waals surface area contributed by atoms with Gasteiger partial charge < -0.3 is 9.88 Å². The van der Waals surface area contributed by atoms with Crippen LogP contribution in [-0.2, 0) is 11.3 Å². The lowest BCUT2D eigenvalue weighted by Crippen LogP contribution is -2.42. The summed E-state index contributed by atoms with van der Waals surface area (Å²) in [5.74, 6) is -7.08. The van der Waals surface area contributed by atoms with Crippen molar-refractivity contribution >= 4 is 27.5 Å². The number of hydrogen-bond acceptors (Lipinski definition) is 2. The molecule has 0 aliphatic carbocycles. The van der Waals surface area contributed by atoms with Gasteiger partial charge in [0.2, 0.25) is 5.43 Å². The lowest BCUT2D eigenvalue weighted by Gasteiger charge is -2.15. The molecule has 1 heterocycles. The van der Waals surface area contributed by atoms with Gasteiger partial charge in [0.1, 0.15) is 5.69 Å². The van der Waals surface area contributed by atoms with Crippen LogP contribution in [-0.4, -0.2) is 22.8 Å². The molecule has 0 bridgehead atoms. The molecule has 1 amide bonds. The first-order valence-corrected chi connectivity index (χ1v) is 5.86. The number of carbonyl (C=O) groups is 1. The number of halogens is 5. The van der Waals surface area contributed by atoms with Crippen LogP contribution in [0.2, 0.25) is 0 Å². The minimum atomic E-state index is -4.86. The molecule has 0 saturated heterocycles. The summed E-state index contributed by atoms with van der Waals surface area (Å²) < 4.78 is 50.9. The highest BCUT2D eigenvalue weighted by atomic mass is 79.9. The molecule has 106 valence electrons. The van der Waals surface area contributed by atoms with Crippen LogP contribution < -0.4 is 10.7 Å². The molecule has 0 saturated carbocycles. The maximum atomic E-state index is 12.8. The van der Waals surface area contributed by atoms with Gasteiger partial charge in [-0.25, -0.2) is 8.78 Å². The first-order valence-electron chi connectivity index (χ1n) is 5.07. The zero-order valence-electron chi connectivity index (χ0n) is 9.59. The van der Waals surface area contributed by atoms with Crippen LogP contribution in [0.3, 0.4) is 0 Å². The predicted octanol–water partition coefficient (Wildman–Crippen LogP) is 2.47. The van der Waals surface area contributed by atoms with Gasteiger partial charge in [0, 0.05) is 18.9 Å². The van der Waals surface area contributed by atoms with Gasteiger partial charge in [0.25, 0.3) is 0 Å². The van der Waals surface area contributed by atoms with Crippen LogP contribution in [0.15, 0.2) is 21.7 Å². The second-order valence-corrected chi connectivity index (χ2v) is 4.41. The highest BCUT2D eigenvalue weighted by molar-refractivity contribution is 9.10. The SMILES string of the molecule is CCn1cc(Br)c(=O)c(NC(=O)C(F)(F)C(F)F)c1. The summed E-state index contributed by atoms with van der Waals surface area (Å²) in [6.07, 6.45) is -1.68. The molecule has 1 aromatic rings. The summed E-state index contributed by atoms with van der Waals surface area (Å²) in [5.41, 5.74) is -1.27. The number of aryl methyl sites for hydroxylation is 1. The maximum absolute atomic E-state index is 12.8. The van der Waals surface area contributed by atoms with Gasteiger partial charge in [-0.05, 0) is 22.9 Å². The van der Waals surface area contributed by atoms with E-state index in [1.807, 2.05) is 0 Å². The van der Waals surface area contributed by atoms with Crippen LogP contribution in [0.5, 0.6) is 0 Å². The summed E-state index contributed by atoms with van der Waals surface area (Å²) in [4.78, 5) is 22.6. The van der Waals surface area contributed by atoms with E-state index in [0.717, 1.165) is 6.20 Å². The molecule has 0 spiro atoms. The predicted molar refractivity (Wildman–Crippen MR) is 63.7 cm³/mol. The molecule has 0 fully saturated rings.